The van der Waals surface area contributed by atoms with Gasteiger partial charge in [0.1, 0.15) is 0 Å². The second-order valence-corrected chi connectivity index (χ2v) is 38.2. The Bertz CT molecular complexity index is 230. The van der Waals surface area contributed by atoms with Crippen molar-refractivity contribution in [3.8, 4) is 0 Å². The first kappa shape index (κ1) is 28.6. The summed E-state index contributed by atoms with van der Waals surface area (Å²) in [6, 6.07) is 0. The van der Waals surface area contributed by atoms with E-state index in [1.54, 1.807) is 28.4 Å². The van der Waals surface area contributed by atoms with Crippen LogP contribution in [0.5, 0.6) is 0 Å². The summed E-state index contributed by atoms with van der Waals surface area (Å²) in [7, 11) is 4.10. The Kier molecular flexibility index (Phi) is 25.6. The molecule has 0 N–H and O–H groups in total. The maximum absolute atomic E-state index is 6.33. The minimum atomic E-state index is -2.82. The standard InChI is InChI=1S/4C3H7O.4Hg.O4Si/c4*1-3-4-2;;;;;1-5(2,3)4/h4*1,3H2,2H3;;;;;/q;;;;4*+1;-4. The average molecular weight is 1130 g/mol. The molecule has 0 saturated carbocycles. The van der Waals surface area contributed by atoms with Gasteiger partial charge in [-0.05, 0) is 0 Å². The van der Waals surface area contributed by atoms with Gasteiger partial charge in [0.05, 0.1) is 0 Å². The van der Waals surface area contributed by atoms with E-state index in [-0.39, 0.29) is 0 Å². The average Bonchev–Trinajstić information content (AvgIpc) is 2.63. The molecule has 0 bridgehead atoms. The fourth-order valence-corrected chi connectivity index (χ4v) is 85.6. The van der Waals surface area contributed by atoms with Crippen molar-refractivity contribution >= 4 is 9.05 Å². The van der Waals surface area contributed by atoms with E-state index in [1.807, 2.05) is 0 Å². The van der Waals surface area contributed by atoms with E-state index in [0.29, 0.717) is 0 Å². The van der Waals surface area contributed by atoms with Gasteiger partial charge in [-0.3, -0.25) is 0 Å². The van der Waals surface area contributed by atoms with Gasteiger partial charge in [-0.15, -0.1) is 0 Å². The van der Waals surface area contributed by atoms with E-state index in [9.17, 15) is 0 Å². The van der Waals surface area contributed by atoms with Gasteiger partial charge in [0.15, 0.2) is 0 Å². The van der Waals surface area contributed by atoms with E-state index >= 15 is 0 Å². The maximum atomic E-state index is 6.33. The van der Waals surface area contributed by atoms with Gasteiger partial charge in [-0.1, -0.05) is 0 Å². The Morgan fingerprint density at radius 2 is 0.720 bits per heavy atom. The van der Waals surface area contributed by atoms with Gasteiger partial charge in [0.25, 0.3) is 0 Å². The Morgan fingerprint density at radius 1 is 0.480 bits per heavy atom. The predicted octanol–water partition coefficient (Wildman–Crippen LogP) is 1.74. The van der Waals surface area contributed by atoms with Crippen molar-refractivity contribution in [2.75, 3.05) is 54.9 Å². The Morgan fingerprint density at radius 3 is 0.920 bits per heavy atom. The van der Waals surface area contributed by atoms with Gasteiger partial charge in [0, 0.05) is 0 Å². The van der Waals surface area contributed by atoms with E-state index in [4.69, 9.17) is 28.3 Å². The third-order valence-electron chi connectivity index (χ3n) is 3.09. The van der Waals surface area contributed by atoms with Crippen molar-refractivity contribution < 1.29 is 128 Å². The van der Waals surface area contributed by atoms with Crippen LogP contribution >= 0.6 is 0 Å². The molecule has 0 aliphatic rings. The topological polar surface area (TPSA) is 73.8 Å². The van der Waals surface area contributed by atoms with Gasteiger partial charge in [0.2, 0.25) is 0 Å². The summed E-state index contributed by atoms with van der Waals surface area (Å²) in [5, 5.41) is 0. The van der Waals surface area contributed by atoms with Crippen molar-refractivity contribution in [1.82, 2.24) is 0 Å². The van der Waals surface area contributed by atoms with Crippen LogP contribution in [0.3, 0.4) is 0 Å². The van der Waals surface area contributed by atoms with E-state index in [1.165, 1.54) is 0 Å². The molecule has 0 heterocycles. The number of methoxy groups -OCH3 is 4. The molecule has 0 fully saturated rings. The fraction of sp³-hybridized carbons (Fsp3) is 1.00. The quantitative estimate of drug-likeness (QED) is 0.135. The van der Waals surface area contributed by atoms with Crippen LogP contribution in [-0.2, 0) is 128 Å². The molecule has 0 aliphatic carbocycles. The zero-order chi connectivity index (χ0) is 18.6. The molecule has 8 nitrogen and oxygen atoms in total. The SMILES string of the molecule is COC[CH2][Hg][O][Si]([O][Hg][CH2]COC)([O][Hg][CH2]COC)[O][Hg][CH2]COC. The van der Waals surface area contributed by atoms with Crippen LogP contribution in [0.2, 0.25) is 15.7 Å². The van der Waals surface area contributed by atoms with E-state index in [0.717, 1.165) is 42.1 Å². The van der Waals surface area contributed by atoms with Crippen LogP contribution in [0, 0.1) is 0 Å². The molecule has 0 spiro atoms. The molecule has 0 atom stereocenters. The van der Waals surface area contributed by atoms with Crippen molar-refractivity contribution in [1.29, 1.82) is 0 Å². The molecule has 25 heavy (non-hydrogen) atoms. The molecule has 0 aliphatic heterocycles. The minimum absolute atomic E-state index is 0.766. The van der Waals surface area contributed by atoms with Crippen LogP contribution in [0.15, 0.2) is 0 Å². The zero-order valence-electron chi connectivity index (χ0n) is 16.3. The molecule has 0 radical (unpaired) electrons. The summed E-state index contributed by atoms with van der Waals surface area (Å²) in [6.07, 6.45) is 0. The third kappa shape index (κ3) is 18.1. The molecule has 0 rings (SSSR count). The molecule has 13 heteroatoms. The van der Waals surface area contributed by atoms with Crippen LogP contribution in [0.1, 0.15) is 0 Å². The number of ether oxygens (including phenoxy) is 4. The van der Waals surface area contributed by atoms with Gasteiger partial charge < -0.3 is 0 Å². The van der Waals surface area contributed by atoms with E-state index < -0.39 is 109 Å². The molecule has 136 valence electrons. The first-order chi connectivity index (χ1) is 12.2. The Hall–Kier alpha value is 3.64. The van der Waals surface area contributed by atoms with Crippen molar-refractivity contribution in [3.05, 3.63) is 0 Å². The summed E-state index contributed by atoms with van der Waals surface area (Å²) in [5.41, 5.74) is 0. The Balaban J connectivity index is 4.62. The van der Waals surface area contributed by atoms with Gasteiger partial charge in [-0.2, -0.15) is 0 Å². The van der Waals surface area contributed by atoms with Crippen LogP contribution in [0.4, 0.5) is 0 Å². The third-order valence-corrected chi connectivity index (χ3v) is 40.3. The molecule has 0 aromatic carbocycles. The molecular formula is C12H28Hg4O8Si. The van der Waals surface area contributed by atoms with Crippen molar-refractivity contribution in [3.63, 3.8) is 0 Å². The molecular weight excluding hydrogens is 1100 g/mol. The summed E-state index contributed by atoms with van der Waals surface area (Å²) in [4.78, 5) is 0. The zero-order valence-corrected chi connectivity index (χ0v) is 39.2. The number of rotatable bonds is 20. The number of hydrogen-bond donors (Lipinski definition) is 0. The van der Waals surface area contributed by atoms with Crippen molar-refractivity contribution in [2.45, 2.75) is 15.7 Å². The summed E-state index contributed by atoms with van der Waals surface area (Å²) < 4.78 is 50.1. The van der Waals surface area contributed by atoms with Crippen LogP contribution in [0.25, 0.3) is 0 Å². The summed E-state index contributed by atoms with van der Waals surface area (Å²) in [6.45, 7) is 3.06. The molecule has 0 saturated heterocycles. The summed E-state index contributed by atoms with van der Waals surface area (Å²) >= 11 is -6.14. The first-order valence-corrected chi connectivity index (χ1v) is 34.9. The normalized spacial score (nSPS) is 10.7. The van der Waals surface area contributed by atoms with Crippen molar-refractivity contribution in [2.24, 2.45) is 0 Å². The van der Waals surface area contributed by atoms with E-state index in [2.05, 4.69) is 0 Å². The fourth-order valence-electron chi connectivity index (χ4n) is 1.85. The second kappa shape index (κ2) is 22.3. The predicted molar refractivity (Wildman–Crippen MR) is 76.8 cm³/mol. The summed E-state index contributed by atoms with van der Waals surface area (Å²) in [5.74, 6) is 0. The molecule has 0 unspecified atom stereocenters. The number of hydrogen-bond acceptors (Lipinski definition) is 8. The molecule has 0 aromatic rings. The van der Waals surface area contributed by atoms with Crippen LogP contribution < -0.4 is 0 Å². The van der Waals surface area contributed by atoms with Gasteiger partial charge >= 0.3 is 208 Å². The monoisotopic (exact) mass is 1140 g/mol. The van der Waals surface area contributed by atoms with Crippen LogP contribution in [-0.4, -0.2) is 63.9 Å². The Labute approximate surface area is 204 Å². The molecule has 0 amide bonds. The molecule has 0 aromatic heterocycles. The second-order valence-electron chi connectivity index (χ2n) is 5.28. The van der Waals surface area contributed by atoms with Gasteiger partial charge in [-0.25, -0.2) is 0 Å². The first-order valence-electron chi connectivity index (χ1n) is 8.76.